The van der Waals surface area contributed by atoms with Gasteiger partial charge in [0.15, 0.2) is 5.58 Å². The number of allylic oxidation sites excluding steroid dienone is 2. The standard InChI is InChI=1S/C34H38O9/c1-9-41-33(29-25(40-8)16-23(38-6)20-11-13-27(36)43-32(20)29)30-21(14-18(2)17-34(30,3)4)28-24(39-7)15-22(37-5)19-10-12-26(35)42-31(19)28/h10-16,21,30,33H,9,17H2,1-8H3/t21-,30+,33+/m0/s1. The summed E-state index contributed by atoms with van der Waals surface area (Å²) in [7, 11) is 6.27. The number of rotatable bonds is 9. The van der Waals surface area contributed by atoms with Gasteiger partial charge in [0.05, 0.1) is 50.9 Å². The number of ether oxygens (including phenoxy) is 5. The van der Waals surface area contributed by atoms with Crippen molar-refractivity contribution in [2.45, 2.75) is 46.1 Å². The Labute approximate surface area is 249 Å². The second kappa shape index (κ2) is 11.8. The zero-order chi connectivity index (χ0) is 31.1. The molecule has 1 aliphatic rings. The van der Waals surface area contributed by atoms with Gasteiger partial charge in [0, 0.05) is 48.3 Å². The van der Waals surface area contributed by atoms with Crippen molar-refractivity contribution in [1.82, 2.24) is 0 Å². The Hall–Kier alpha value is -4.24. The van der Waals surface area contributed by atoms with E-state index in [0.29, 0.717) is 62.7 Å². The number of fused-ring (bicyclic) bond motifs is 2. The van der Waals surface area contributed by atoms with Crippen LogP contribution in [0.2, 0.25) is 0 Å². The van der Waals surface area contributed by atoms with E-state index < -0.39 is 17.4 Å². The average Bonchev–Trinajstić information content (AvgIpc) is 2.97. The topological polar surface area (TPSA) is 107 Å². The summed E-state index contributed by atoms with van der Waals surface area (Å²) in [6, 6.07) is 9.75. The third-order valence-corrected chi connectivity index (χ3v) is 8.40. The van der Waals surface area contributed by atoms with Crippen LogP contribution in [0.5, 0.6) is 23.0 Å². The van der Waals surface area contributed by atoms with E-state index in [-0.39, 0.29) is 17.3 Å². The van der Waals surface area contributed by atoms with Crippen molar-refractivity contribution in [1.29, 1.82) is 0 Å². The highest BCUT2D eigenvalue weighted by Gasteiger charge is 2.48. The predicted molar refractivity (Wildman–Crippen MR) is 164 cm³/mol. The van der Waals surface area contributed by atoms with Gasteiger partial charge in [-0.25, -0.2) is 9.59 Å². The normalized spacial score (nSPS) is 18.7. The van der Waals surface area contributed by atoms with Gasteiger partial charge in [-0.2, -0.15) is 0 Å². The second-order valence-corrected chi connectivity index (χ2v) is 11.5. The van der Waals surface area contributed by atoms with Crippen molar-refractivity contribution in [2.24, 2.45) is 11.3 Å². The van der Waals surface area contributed by atoms with E-state index in [1.807, 2.05) is 13.0 Å². The first kappa shape index (κ1) is 30.2. The minimum atomic E-state index is -0.624. The van der Waals surface area contributed by atoms with Crippen molar-refractivity contribution in [3.8, 4) is 23.0 Å². The summed E-state index contributed by atoms with van der Waals surface area (Å²) in [4.78, 5) is 25.2. The van der Waals surface area contributed by atoms with Crippen molar-refractivity contribution in [2.75, 3.05) is 35.0 Å². The highest BCUT2D eigenvalue weighted by atomic mass is 16.5. The Morgan fingerprint density at radius 1 is 0.814 bits per heavy atom. The Balaban J connectivity index is 1.89. The molecule has 0 N–H and O–H groups in total. The molecule has 228 valence electrons. The fourth-order valence-electron chi connectivity index (χ4n) is 6.85. The van der Waals surface area contributed by atoms with Crippen LogP contribution in [0.25, 0.3) is 21.9 Å². The molecule has 4 aromatic rings. The van der Waals surface area contributed by atoms with Crippen molar-refractivity contribution < 1.29 is 32.5 Å². The SMILES string of the molecule is CCO[C@H](c1c(OC)cc(OC)c2ccc(=O)oc12)[C@H]1[C@H](c2c(OC)cc(OC)c3ccc(=O)oc23)C=C(C)CC1(C)C. The Morgan fingerprint density at radius 3 is 1.91 bits per heavy atom. The molecule has 0 bridgehead atoms. The molecule has 0 saturated carbocycles. The van der Waals surface area contributed by atoms with E-state index in [2.05, 4.69) is 26.8 Å². The van der Waals surface area contributed by atoms with Gasteiger partial charge in [-0.05, 0) is 37.8 Å². The minimum absolute atomic E-state index is 0.275. The van der Waals surface area contributed by atoms with Gasteiger partial charge in [-0.3, -0.25) is 0 Å². The molecule has 0 unspecified atom stereocenters. The minimum Gasteiger partial charge on any atom is -0.496 e. The highest BCUT2D eigenvalue weighted by molar-refractivity contribution is 5.90. The average molecular weight is 591 g/mol. The molecule has 0 radical (unpaired) electrons. The molecule has 0 fully saturated rings. The zero-order valence-electron chi connectivity index (χ0n) is 25.9. The molecule has 2 aromatic carbocycles. The van der Waals surface area contributed by atoms with Crippen LogP contribution in [0.3, 0.4) is 0 Å². The van der Waals surface area contributed by atoms with Crippen LogP contribution in [0.1, 0.15) is 57.3 Å². The third kappa shape index (κ3) is 5.27. The fraction of sp³-hybridized carbons (Fsp3) is 0.412. The first-order valence-corrected chi connectivity index (χ1v) is 14.2. The van der Waals surface area contributed by atoms with E-state index in [1.165, 1.54) is 17.7 Å². The number of methoxy groups -OCH3 is 4. The molecule has 0 saturated heterocycles. The monoisotopic (exact) mass is 590 g/mol. The van der Waals surface area contributed by atoms with E-state index in [4.69, 9.17) is 32.5 Å². The third-order valence-electron chi connectivity index (χ3n) is 8.40. The molecule has 2 aromatic heterocycles. The van der Waals surface area contributed by atoms with Gasteiger partial charge in [0.25, 0.3) is 0 Å². The Bertz CT molecular complexity index is 1810. The number of hydrogen-bond acceptors (Lipinski definition) is 9. The second-order valence-electron chi connectivity index (χ2n) is 11.5. The van der Waals surface area contributed by atoms with Gasteiger partial charge in [0.1, 0.15) is 28.6 Å². The van der Waals surface area contributed by atoms with Gasteiger partial charge in [-0.15, -0.1) is 0 Å². The maximum atomic E-state index is 12.6. The summed E-state index contributed by atoms with van der Waals surface area (Å²) in [5.41, 5.74) is 1.85. The maximum absolute atomic E-state index is 12.6. The van der Waals surface area contributed by atoms with E-state index in [0.717, 1.165) is 6.42 Å². The van der Waals surface area contributed by atoms with Crippen LogP contribution < -0.4 is 30.2 Å². The molecule has 5 rings (SSSR count). The lowest BCUT2D eigenvalue weighted by molar-refractivity contribution is -0.0371. The molecule has 0 amide bonds. The molecule has 2 heterocycles. The van der Waals surface area contributed by atoms with Gasteiger partial charge in [-0.1, -0.05) is 25.5 Å². The fourth-order valence-corrected chi connectivity index (χ4v) is 6.85. The Kier molecular flexibility index (Phi) is 8.29. The van der Waals surface area contributed by atoms with Crippen LogP contribution in [0.15, 0.2) is 66.5 Å². The van der Waals surface area contributed by atoms with Crippen molar-refractivity contribution in [3.63, 3.8) is 0 Å². The van der Waals surface area contributed by atoms with E-state index in [1.54, 1.807) is 46.6 Å². The zero-order valence-corrected chi connectivity index (χ0v) is 25.9. The molecule has 0 aliphatic heterocycles. The maximum Gasteiger partial charge on any atom is 0.336 e. The number of hydrogen-bond donors (Lipinski definition) is 0. The van der Waals surface area contributed by atoms with Crippen molar-refractivity contribution in [3.05, 3.63) is 80.0 Å². The smallest absolute Gasteiger partial charge is 0.336 e. The Morgan fingerprint density at radius 2 is 1.35 bits per heavy atom. The highest BCUT2D eigenvalue weighted by Crippen LogP contribution is 2.58. The first-order chi connectivity index (χ1) is 20.6. The summed E-state index contributed by atoms with van der Waals surface area (Å²) in [6.07, 6.45) is 2.34. The van der Waals surface area contributed by atoms with Crippen LogP contribution in [0, 0.1) is 11.3 Å². The first-order valence-electron chi connectivity index (χ1n) is 14.2. The van der Waals surface area contributed by atoms with Crippen LogP contribution in [-0.2, 0) is 4.74 Å². The van der Waals surface area contributed by atoms with Gasteiger partial charge < -0.3 is 32.5 Å². The molecule has 1 aliphatic carbocycles. The molecular formula is C34H38O9. The molecule has 3 atom stereocenters. The van der Waals surface area contributed by atoms with Crippen LogP contribution in [0.4, 0.5) is 0 Å². The lowest BCUT2D eigenvalue weighted by Crippen LogP contribution is -2.38. The number of benzene rings is 2. The largest absolute Gasteiger partial charge is 0.496 e. The summed E-state index contributed by atoms with van der Waals surface area (Å²) >= 11 is 0. The molecule has 43 heavy (non-hydrogen) atoms. The molecular weight excluding hydrogens is 552 g/mol. The lowest BCUT2D eigenvalue weighted by atomic mass is 9.59. The quantitative estimate of drug-likeness (QED) is 0.154. The molecule has 9 heteroatoms. The predicted octanol–water partition coefficient (Wildman–Crippen LogP) is 6.79. The van der Waals surface area contributed by atoms with Crippen molar-refractivity contribution >= 4 is 21.9 Å². The van der Waals surface area contributed by atoms with Crippen LogP contribution >= 0.6 is 0 Å². The van der Waals surface area contributed by atoms with Gasteiger partial charge >= 0.3 is 11.3 Å². The summed E-state index contributed by atoms with van der Waals surface area (Å²) < 4.78 is 41.6. The lowest BCUT2D eigenvalue weighted by Gasteiger charge is -2.47. The van der Waals surface area contributed by atoms with Crippen LogP contribution in [-0.4, -0.2) is 35.0 Å². The molecule has 9 nitrogen and oxygen atoms in total. The van der Waals surface area contributed by atoms with Gasteiger partial charge in [0.2, 0.25) is 0 Å². The van der Waals surface area contributed by atoms with E-state index >= 15 is 0 Å². The van der Waals surface area contributed by atoms with E-state index in [9.17, 15) is 9.59 Å². The summed E-state index contributed by atoms with van der Waals surface area (Å²) in [5.74, 6) is 1.39. The summed E-state index contributed by atoms with van der Waals surface area (Å²) in [6.45, 7) is 8.77. The molecule has 0 spiro atoms. The summed E-state index contributed by atoms with van der Waals surface area (Å²) in [5, 5.41) is 1.27.